The van der Waals surface area contributed by atoms with Crippen LogP contribution in [0.3, 0.4) is 0 Å². The molecule has 0 spiro atoms. The van der Waals surface area contributed by atoms with Gasteiger partial charge in [-0.1, -0.05) is 41.9 Å². The first-order valence-corrected chi connectivity index (χ1v) is 13.0. The van der Waals surface area contributed by atoms with Crippen LogP contribution in [0.5, 0.6) is 0 Å². The second kappa shape index (κ2) is 10.5. The molecule has 0 bridgehead atoms. The molecule has 180 valence electrons. The highest BCUT2D eigenvalue weighted by Crippen LogP contribution is 2.31. The Morgan fingerprint density at radius 3 is 2.42 bits per heavy atom. The number of hydrogen-bond donors (Lipinski definition) is 2. The molecular formula is C29H24ClN3O2S. The van der Waals surface area contributed by atoms with Crippen LogP contribution >= 0.6 is 23.4 Å². The van der Waals surface area contributed by atoms with Crippen molar-refractivity contribution in [3.63, 3.8) is 0 Å². The molecule has 1 heterocycles. The van der Waals surface area contributed by atoms with Gasteiger partial charge in [-0.3, -0.25) is 9.59 Å². The predicted molar refractivity (Wildman–Crippen MR) is 150 cm³/mol. The van der Waals surface area contributed by atoms with Crippen molar-refractivity contribution in [2.45, 2.75) is 18.4 Å². The standard InChI is InChI=1S/C29H24ClN3O2S/c1-2-33-26-12-4-3-11-24(26)25-17-22(13-14-27(25)33)31-28(34)18-36-23-10-6-9-21(16-23)32-29(35)19-7-5-8-20(30)15-19/h3-17H,2,18H2,1H3,(H,31,34)(H,32,35). The fourth-order valence-electron chi connectivity index (χ4n) is 4.31. The molecule has 36 heavy (non-hydrogen) atoms. The molecule has 0 fully saturated rings. The van der Waals surface area contributed by atoms with Gasteiger partial charge < -0.3 is 15.2 Å². The van der Waals surface area contributed by atoms with E-state index in [2.05, 4.69) is 40.3 Å². The molecule has 0 aliphatic heterocycles. The van der Waals surface area contributed by atoms with E-state index in [1.54, 1.807) is 24.3 Å². The highest BCUT2D eigenvalue weighted by molar-refractivity contribution is 8.00. The summed E-state index contributed by atoms with van der Waals surface area (Å²) in [5, 5.41) is 8.71. The number of hydrogen-bond acceptors (Lipinski definition) is 3. The van der Waals surface area contributed by atoms with E-state index in [1.165, 1.54) is 22.7 Å². The number of carbonyl (C=O) groups is 2. The van der Waals surface area contributed by atoms with Crippen molar-refractivity contribution in [1.29, 1.82) is 0 Å². The average molecular weight is 514 g/mol. The van der Waals surface area contributed by atoms with E-state index in [0.29, 0.717) is 16.3 Å². The first kappa shape index (κ1) is 24.0. The molecule has 0 atom stereocenters. The minimum Gasteiger partial charge on any atom is -0.341 e. The molecule has 0 saturated carbocycles. The second-order valence-corrected chi connectivity index (χ2v) is 9.81. The minimum atomic E-state index is -0.239. The van der Waals surface area contributed by atoms with Crippen LogP contribution in [0.1, 0.15) is 17.3 Å². The summed E-state index contributed by atoms with van der Waals surface area (Å²) in [5.74, 6) is -0.0790. The molecule has 5 nitrogen and oxygen atoms in total. The topological polar surface area (TPSA) is 63.1 Å². The maximum absolute atomic E-state index is 12.7. The predicted octanol–water partition coefficient (Wildman–Crippen LogP) is 7.45. The van der Waals surface area contributed by atoms with Crippen LogP contribution in [0.25, 0.3) is 21.8 Å². The number of benzene rings is 4. The van der Waals surface area contributed by atoms with Crippen LogP contribution in [0.15, 0.2) is 95.9 Å². The van der Waals surface area contributed by atoms with E-state index >= 15 is 0 Å². The number of rotatable bonds is 7. The van der Waals surface area contributed by atoms with Gasteiger partial charge in [-0.15, -0.1) is 11.8 Å². The highest BCUT2D eigenvalue weighted by atomic mass is 35.5. The van der Waals surface area contributed by atoms with E-state index < -0.39 is 0 Å². The zero-order valence-electron chi connectivity index (χ0n) is 19.6. The Bertz CT molecular complexity index is 1590. The van der Waals surface area contributed by atoms with Crippen molar-refractivity contribution >= 4 is 68.4 Å². The Kier molecular flexibility index (Phi) is 6.98. The van der Waals surface area contributed by atoms with Gasteiger partial charge in [0.2, 0.25) is 5.91 Å². The van der Waals surface area contributed by atoms with E-state index in [-0.39, 0.29) is 17.6 Å². The van der Waals surface area contributed by atoms with Crippen molar-refractivity contribution < 1.29 is 9.59 Å². The molecule has 4 aromatic carbocycles. The number of amides is 2. The molecule has 0 aliphatic carbocycles. The van der Waals surface area contributed by atoms with Gasteiger partial charge in [-0.2, -0.15) is 0 Å². The third-order valence-electron chi connectivity index (χ3n) is 5.92. The van der Waals surface area contributed by atoms with Gasteiger partial charge >= 0.3 is 0 Å². The zero-order valence-corrected chi connectivity index (χ0v) is 21.2. The van der Waals surface area contributed by atoms with Crippen molar-refractivity contribution in [2.24, 2.45) is 0 Å². The van der Waals surface area contributed by atoms with Crippen molar-refractivity contribution in [3.05, 3.63) is 102 Å². The summed E-state index contributed by atoms with van der Waals surface area (Å²) in [4.78, 5) is 26.1. The lowest BCUT2D eigenvalue weighted by molar-refractivity contribution is -0.113. The lowest BCUT2D eigenvalue weighted by atomic mass is 10.1. The van der Waals surface area contributed by atoms with Gasteiger partial charge in [0.1, 0.15) is 0 Å². The maximum atomic E-state index is 12.7. The van der Waals surface area contributed by atoms with Gasteiger partial charge in [0, 0.05) is 55.2 Å². The Morgan fingerprint density at radius 2 is 1.58 bits per heavy atom. The highest BCUT2D eigenvalue weighted by Gasteiger charge is 2.12. The summed E-state index contributed by atoms with van der Waals surface area (Å²) >= 11 is 7.40. The summed E-state index contributed by atoms with van der Waals surface area (Å²) in [7, 11) is 0. The molecule has 5 aromatic rings. The number of halogens is 1. The fourth-order valence-corrected chi connectivity index (χ4v) is 5.26. The summed E-state index contributed by atoms with van der Waals surface area (Å²) in [6.45, 7) is 3.02. The molecule has 0 radical (unpaired) electrons. The first-order valence-electron chi connectivity index (χ1n) is 11.6. The van der Waals surface area contributed by atoms with Crippen LogP contribution in [0, 0.1) is 0 Å². The molecule has 2 amide bonds. The Hall–Kier alpha value is -3.74. The van der Waals surface area contributed by atoms with Crippen LogP contribution in [0.2, 0.25) is 5.02 Å². The van der Waals surface area contributed by atoms with Crippen molar-refractivity contribution in [3.8, 4) is 0 Å². The smallest absolute Gasteiger partial charge is 0.255 e. The maximum Gasteiger partial charge on any atom is 0.255 e. The largest absolute Gasteiger partial charge is 0.341 e. The van der Waals surface area contributed by atoms with Gasteiger partial charge in [-0.25, -0.2) is 0 Å². The lowest BCUT2D eigenvalue weighted by Crippen LogP contribution is -2.14. The second-order valence-electron chi connectivity index (χ2n) is 8.32. The third kappa shape index (κ3) is 5.10. The van der Waals surface area contributed by atoms with Crippen LogP contribution in [-0.2, 0) is 11.3 Å². The number of aryl methyl sites for hydroxylation is 1. The molecule has 2 N–H and O–H groups in total. The molecule has 1 aromatic heterocycles. The first-order chi connectivity index (χ1) is 17.5. The van der Waals surface area contributed by atoms with Crippen LogP contribution in [-0.4, -0.2) is 22.1 Å². The van der Waals surface area contributed by atoms with Crippen LogP contribution in [0.4, 0.5) is 11.4 Å². The summed E-state index contributed by atoms with van der Waals surface area (Å²) < 4.78 is 2.28. The summed E-state index contributed by atoms with van der Waals surface area (Å²) in [6, 6.07) is 28.6. The van der Waals surface area contributed by atoms with Gasteiger partial charge in [-0.05, 0) is 67.6 Å². The third-order valence-corrected chi connectivity index (χ3v) is 7.15. The Morgan fingerprint density at radius 1 is 0.806 bits per heavy atom. The summed E-state index contributed by atoms with van der Waals surface area (Å²) in [6.07, 6.45) is 0. The van der Waals surface area contributed by atoms with E-state index in [4.69, 9.17) is 11.6 Å². The SMILES string of the molecule is CCn1c2ccccc2c2cc(NC(=O)CSc3cccc(NC(=O)c4cccc(Cl)c4)c3)ccc21. The molecule has 5 rings (SSSR count). The molecule has 0 unspecified atom stereocenters. The van der Waals surface area contributed by atoms with Gasteiger partial charge in [0.25, 0.3) is 5.91 Å². The normalized spacial score (nSPS) is 11.1. The van der Waals surface area contributed by atoms with Gasteiger partial charge in [0.15, 0.2) is 0 Å². The zero-order chi connectivity index (χ0) is 25.1. The Labute approximate surface area is 218 Å². The van der Waals surface area contributed by atoms with Crippen LogP contribution < -0.4 is 10.6 Å². The molecule has 7 heteroatoms. The van der Waals surface area contributed by atoms with E-state index in [1.807, 2.05) is 48.5 Å². The summed E-state index contributed by atoms with van der Waals surface area (Å²) in [5.41, 5.74) is 4.26. The number of carbonyl (C=O) groups excluding carboxylic acids is 2. The monoisotopic (exact) mass is 513 g/mol. The van der Waals surface area contributed by atoms with E-state index in [0.717, 1.165) is 28.0 Å². The number of para-hydroxylation sites is 1. The number of thioether (sulfide) groups is 1. The number of nitrogens with zero attached hydrogens (tertiary/aromatic N) is 1. The number of fused-ring (bicyclic) bond motifs is 3. The fraction of sp³-hybridized carbons (Fsp3) is 0.103. The number of nitrogens with one attached hydrogen (secondary N) is 2. The molecule has 0 saturated heterocycles. The van der Waals surface area contributed by atoms with Crippen molar-refractivity contribution in [2.75, 3.05) is 16.4 Å². The average Bonchev–Trinajstić information content (AvgIpc) is 3.20. The van der Waals surface area contributed by atoms with Crippen molar-refractivity contribution in [1.82, 2.24) is 4.57 Å². The quantitative estimate of drug-likeness (QED) is 0.222. The van der Waals surface area contributed by atoms with E-state index in [9.17, 15) is 9.59 Å². The molecular weight excluding hydrogens is 490 g/mol. The molecule has 0 aliphatic rings. The lowest BCUT2D eigenvalue weighted by Gasteiger charge is -2.09. The van der Waals surface area contributed by atoms with Gasteiger partial charge in [0.05, 0.1) is 5.75 Å². The minimum absolute atomic E-state index is 0.0908. The number of aromatic nitrogens is 1. The number of anilines is 2. The Balaban J connectivity index is 1.24.